The van der Waals surface area contributed by atoms with Crippen LogP contribution < -0.4 is 0 Å². The first-order chi connectivity index (χ1) is 9.13. The molecule has 2 atom stereocenters. The van der Waals surface area contributed by atoms with Crippen LogP contribution in [0.15, 0.2) is 0 Å². The van der Waals surface area contributed by atoms with Crippen molar-refractivity contribution in [1.82, 2.24) is 0 Å². The van der Waals surface area contributed by atoms with Crippen molar-refractivity contribution in [2.75, 3.05) is 26.1 Å². The van der Waals surface area contributed by atoms with Gasteiger partial charge in [0.25, 0.3) is 0 Å². The zero-order chi connectivity index (χ0) is 14.1. The number of esters is 1. The average Bonchev–Trinajstić information content (AvgIpc) is 2.44. The van der Waals surface area contributed by atoms with Crippen LogP contribution in [0.5, 0.6) is 0 Å². The quantitative estimate of drug-likeness (QED) is 0.508. The zero-order valence-electron chi connectivity index (χ0n) is 12.1. The van der Waals surface area contributed by atoms with Gasteiger partial charge in [0.05, 0.1) is 13.5 Å². The van der Waals surface area contributed by atoms with Crippen molar-refractivity contribution in [3.05, 3.63) is 0 Å². The van der Waals surface area contributed by atoms with Crippen LogP contribution in [-0.2, 0) is 25.1 Å². The summed E-state index contributed by atoms with van der Waals surface area (Å²) in [5.74, 6) is 1.21. The molecule has 1 aliphatic rings. The lowest BCUT2D eigenvalue weighted by Gasteiger charge is -2.21. The first-order valence-corrected chi connectivity index (χ1v) is 8.53. The number of hydrogen-bond donors (Lipinski definition) is 0. The third-order valence-electron chi connectivity index (χ3n) is 3.68. The molecule has 0 bridgehead atoms. The molecule has 1 fully saturated rings. The Morgan fingerprint density at radius 2 is 2.05 bits per heavy atom. The van der Waals surface area contributed by atoms with Crippen molar-refractivity contribution in [3.63, 3.8) is 0 Å². The van der Waals surface area contributed by atoms with Gasteiger partial charge < -0.3 is 9.47 Å². The normalized spacial score (nSPS) is 19.9. The summed E-state index contributed by atoms with van der Waals surface area (Å²) in [6.45, 7) is 3.64. The molecule has 0 radical (unpaired) electrons. The van der Waals surface area contributed by atoms with E-state index in [2.05, 4.69) is 4.74 Å². The number of rotatable bonds is 8. The summed E-state index contributed by atoms with van der Waals surface area (Å²) in [6, 6.07) is 0. The Bertz CT molecular complexity index is 287. The van der Waals surface area contributed by atoms with Crippen molar-refractivity contribution in [3.8, 4) is 0 Å². The van der Waals surface area contributed by atoms with Gasteiger partial charge in [0, 0.05) is 35.0 Å². The van der Waals surface area contributed by atoms with Crippen LogP contribution >= 0.6 is 0 Å². The Morgan fingerprint density at radius 1 is 1.37 bits per heavy atom. The minimum atomic E-state index is -0.919. The topological polar surface area (TPSA) is 52.6 Å². The number of methoxy groups -OCH3 is 1. The Balaban J connectivity index is 2.07. The SMILES string of the molecule is COC(=O)CC(C)S(=O)CCCCC1CCOCC1. The fraction of sp³-hybridized carbons (Fsp3) is 0.929. The summed E-state index contributed by atoms with van der Waals surface area (Å²) in [6.07, 6.45) is 5.91. The molecule has 5 heteroatoms. The van der Waals surface area contributed by atoms with Crippen LogP contribution in [-0.4, -0.2) is 41.5 Å². The average molecular weight is 290 g/mol. The highest BCUT2D eigenvalue weighted by Gasteiger charge is 2.16. The lowest BCUT2D eigenvalue weighted by Crippen LogP contribution is -2.19. The van der Waals surface area contributed by atoms with Gasteiger partial charge in [-0.2, -0.15) is 0 Å². The van der Waals surface area contributed by atoms with Gasteiger partial charge in [-0.1, -0.05) is 19.8 Å². The molecule has 2 unspecified atom stereocenters. The summed E-state index contributed by atoms with van der Waals surface area (Å²) in [5, 5.41) is -0.101. The minimum absolute atomic E-state index is 0.101. The van der Waals surface area contributed by atoms with E-state index in [9.17, 15) is 9.00 Å². The predicted octanol–water partition coefficient (Wildman–Crippen LogP) is 2.28. The molecular formula is C14H26O4S. The van der Waals surface area contributed by atoms with Crippen molar-refractivity contribution < 1.29 is 18.5 Å². The molecule has 0 amide bonds. The van der Waals surface area contributed by atoms with Gasteiger partial charge in [-0.15, -0.1) is 0 Å². The summed E-state index contributed by atoms with van der Waals surface area (Å²) in [4.78, 5) is 11.1. The first-order valence-electron chi connectivity index (χ1n) is 7.15. The third kappa shape index (κ3) is 7.06. The van der Waals surface area contributed by atoms with E-state index >= 15 is 0 Å². The van der Waals surface area contributed by atoms with Gasteiger partial charge in [0.2, 0.25) is 0 Å². The van der Waals surface area contributed by atoms with E-state index in [1.807, 2.05) is 6.92 Å². The maximum Gasteiger partial charge on any atom is 0.306 e. The van der Waals surface area contributed by atoms with Gasteiger partial charge in [0.1, 0.15) is 0 Å². The first kappa shape index (κ1) is 16.6. The highest BCUT2D eigenvalue weighted by atomic mass is 32.2. The lowest BCUT2D eigenvalue weighted by molar-refractivity contribution is -0.140. The molecule has 0 aromatic rings. The van der Waals surface area contributed by atoms with E-state index < -0.39 is 10.8 Å². The van der Waals surface area contributed by atoms with Gasteiger partial charge in [0.15, 0.2) is 0 Å². The van der Waals surface area contributed by atoms with Crippen LogP contribution in [0.4, 0.5) is 0 Å². The zero-order valence-corrected chi connectivity index (χ0v) is 12.9. The summed E-state index contributed by atoms with van der Waals surface area (Å²) < 4.78 is 21.9. The highest BCUT2D eigenvalue weighted by Crippen LogP contribution is 2.21. The second-order valence-corrected chi connectivity index (χ2v) is 7.20. The van der Waals surface area contributed by atoms with Gasteiger partial charge >= 0.3 is 5.97 Å². The number of carbonyl (C=O) groups is 1. The Hall–Kier alpha value is -0.420. The molecular weight excluding hydrogens is 264 g/mol. The van der Waals surface area contributed by atoms with Crippen molar-refractivity contribution >= 4 is 16.8 Å². The highest BCUT2D eigenvalue weighted by molar-refractivity contribution is 7.85. The maximum absolute atomic E-state index is 11.9. The van der Waals surface area contributed by atoms with Crippen molar-refractivity contribution in [2.45, 2.75) is 50.7 Å². The summed E-state index contributed by atoms with van der Waals surface area (Å²) >= 11 is 0. The number of ether oxygens (including phenoxy) is 2. The van der Waals surface area contributed by atoms with Crippen molar-refractivity contribution in [2.24, 2.45) is 5.92 Å². The Labute approximate surface area is 118 Å². The Morgan fingerprint density at radius 3 is 2.68 bits per heavy atom. The molecule has 0 aromatic heterocycles. The molecule has 1 aliphatic heterocycles. The maximum atomic E-state index is 11.9. The molecule has 0 aliphatic carbocycles. The summed E-state index contributed by atoms with van der Waals surface area (Å²) in [7, 11) is 0.448. The van der Waals surface area contributed by atoms with Gasteiger partial charge in [-0.3, -0.25) is 9.00 Å². The Kier molecular flexibility index (Phi) is 8.30. The third-order valence-corrected chi connectivity index (χ3v) is 5.43. The number of carbonyl (C=O) groups excluding carboxylic acids is 1. The molecule has 0 spiro atoms. The smallest absolute Gasteiger partial charge is 0.306 e. The molecule has 19 heavy (non-hydrogen) atoms. The molecule has 0 aromatic carbocycles. The molecule has 1 rings (SSSR count). The molecule has 4 nitrogen and oxygen atoms in total. The van der Waals surface area contributed by atoms with E-state index in [-0.39, 0.29) is 17.6 Å². The van der Waals surface area contributed by atoms with Crippen LogP contribution in [0.3, 0.4) is 0 Å². The van der Waals surface area contributed by atoms with Gasteiger partial charge in [-0.05, 0) is 25.2 Å². The minimum Gasteiger partial charge on any atom is -0.469 e. The standard InChI is InChI=1S/C14H26O4S/c1-12(11-14(15)17-2)19(16)10-4-3-5-13-6-8-18-9-7-13/h12-13H,3-11H2,1-2H3. The van der Waals surface area contributed by atoms with Crippen LogP contribution in [0.1, 0.15) is 45.4 Å². The molecule has 0 N–H and O–H groups in total. The van der Waals surface area contributed by atoms with E-state index in [0.717, 1.165) is 32.0 Å². The summed E-state index contributed by atoms with van der Waals surface area (Å²) in [5.41, 5.74) is 0. The van der Waals surface area contributed by atoms with Crippen molar-refractivity contribution in [1.29, 1.82) is 0 Å². The number of hydrogen-bond acceptors (Lipinski definition) is 4. The molecule has 1 heterocycles. The predicted molar refractivity (Wildman–Crippen MR) is 76.5 cm³/mol. The van der Waals surface area contributed by atoms with Crippen LogP contribution in [0.2, 0.25) is 0 Å². The largest absolute Gasteiger partial charge is 0.469 e. The molecule has 0 saturated carbocycles. The van der Waals surface area contributed by atoms with E-state index in [4.69, 9.17) is 4.74 Å². The van der Waals surface area contributed by atoms with E-state index in [1.165, 1.54) is 26.4 Å². The van der Waals surface area contributed by atoms with Gasteiger partial charge in [-0.25, -0.2) is 0 Å². The van der Waals surface area contributed by atoms with Crippen LogP contribution in [0.25, 0.3) is 0 Å². The van der Waals surface area contributed by atoms with E-state index in [0.29, 0.717) is 5.75 Å². The second kappa shape index (κ2) is 9.48. The second-order valence-electron chi connectivity index (χ2n) is 5.23. The molecule has 1 saturated heterocycles. The number of unbranched alkanes of at least 4 members (excludes halogenated alkanes) is 1. The lowest BCUT2D eigenvalue weighted by atomic mass is 9.94. The fourth-order valence-electron chi connectivity index (χ4n) is 2.32. The van der Waals surface area contributed by atoms with Crippen LogP contribution in [0, 0.1) is 5.92 Å². The fourth-order valence-corrected chi connectivity index (χ4v) is 3.54. The van der Waals surface area contributed by atoms with E-state index in [1.54, 1.807) is 0 Å². The monoisotopic (exact) mass is 290 g/mol. The molecule has 112 valence electrons.